The maximum Gasteiger partial charge on any atom is 0.249 e. The van der Waals surface area contributed by atoms with Crippen molar-refractivity contribution in [2.75, 3.05) is 6.61 Å². The van der Waals surface area contributed by atoms with Gasteiger partial charge in [-0.3, -0.25) is 4.79 Å². The zero-order chi connectivity index (χ0) is 45.1. The minimum atomic E-state index is -1.10. The van der Waals surface area contributed by atoms with E-state index in [0.29, 0.717) is 6.42 Å². The summed E-state index contributed by atoms with van der Waals surface area (Å²) >= 11 is 0. The van der Waals surface area contributed by atoms with Crippen molar-refractivity contribution in [3.8, 4) is 0 Å². The average Bonchev–Trinajstić information content (AvgIpc) is 3.28. The molecule has 0 rings (SSSR count). The van der Waals surface area contributed by atoms with E-state index in [1.165, 1.54) is 250 Å². The van der Waals surface area contributed by atoms with E-state index in [1.807, 2.05) is 6.08 Å². The van der Waals surface area contributed by atoms with Crippen LogP contribution >= 0.6 is 0 Å². The molecule has 4 N–H and O–H groups in total. The third-order valence-electron chi connectivity index (χ3n) is 13.3. The Balaban J connectivity index is 3.52. The topological polar surface area (TPSA) is 89.8 Å². The molecule has 5 heteroatoms. The van der Waals surface area contributed by atoms with Crippen LogP contribution in [0.2, 0.25) is 0 Å². The monoisotopic (exact) mass is 874 g/mol. The molecule has 0 aromatic carbocycles. The van der Waals surface area contributed by atoms with Gasteiger partial charge in [0, 0.05) is 0 Å². The molecular formula is C57H111NO4. The SMILES string of the molecule is CCCCCCCCCCCCC/C=C/CC/C=C/C(O)C(CO)NC(=O)C(O)CCCCCCCCCCCCCCCCCCCCCCCCCCCCCCCCC. The molecule has 0 aliphatic heterocycles. The first-order chi connectivity index (χ1) is 30.6. The molecular weight excluding hydrogens is 763 g/mol. The van der Waals surface area contributed by atoms with Gasteiger partial charge in [0.15, 0.2) is 0 Å². The molecule has 3 atom stereocenters. The van der Waals surface area contributed by atoms with Crippen molar-refractivity contribution in [1.82, 2.24) is 5.32 Å². The lowest BCUT2D eigenvalue weighted by Gasteiger charge is -2.21. The summed E-state index contributed by atoms with van der Waals surface area (Å²) in [6.07, 6.45) is 67.0. The summed E-state index contributed by atoms with van der Waals surface area (Å²) in [6, 6.07) is -0.812. The molecule has 0 aliphatic rings. The molecule has 0 fully saturated rings. The summed E-state index contributed by atoms with van der Waals surface area (Å²) in [4.78, 5) is 12.5. The first-order valence-electron chi connectivity index (χ1n) is 28.2. The second-order valence-corrected chi connectivity index (χ2v) is 19.5. The van der Waals surface area contributed by atoms with Gasteiger partial charge in [-0.15, -0.1) is 0 Å². The fourth-order valence-electron chi connectivity index (χ4n) is 8.91. The Morgan fingerprint density at radius 3 is 0.984 bits per heavy atom. The maximum absolute atomic E-state index is 12.5. The van der Waals surface area contributed by atoms with Gasteiger partial charge in [0.25, 0.3) is 0 Å². The highest BCUT2D eigenvalue weighted by Crippen LogP contribution is 2.18. The van der Waals surface area contributed by atoms with Crippen molar-refractivity contribution < 1.29 is 20.1 Å². The third kappa shape index (κ3) is 46.8. The molecule has 368 valence electrons. The van der Waals surface area contributed by atoms with Crippen LogP contribution in [-0.4, -0.2) is 46.1 Å². The number of unbranched alkanes of at least 4 members (excludes halogenated alkanes) is 42. The third-order valence-corrected chi connectivity index (χ3v) is 13.3. The van der Waals surface area contributed by atoms with Crippen LogP contribution in [0, 0.1) is 0 Å². The van der Waals surface area contributed by atoms with E-state index in [0.717, 1.165) is 38.5 Å². The largest absolute Gasteiger partial charge is 0.394 e. The minimum absolute atomic E-state index is 0.373. The van der Waals surface area contributed by atoms with Crippen molar-refractivity contribution in [2.24, 2.45) is 0 Å². The molecule has 1 amide bonds. The molecule has 0 radical (unpaired) electrons. The van der Waals surface area contributed by atoms with Gasteiger partial charge in [-0.2, -0.15) is 0 Å². The number of aliphatic hydroxyl groups excluding tert-OH is 3. The summed E-state index contributed by atoms with van der Waals surface area (Å²) in [5.41, 5.74) is 0. The van der Waals surface area contributed by atoms with Gasteiger partial charge in [0.05, 0.1) is 18.8 Å². The number of rotatable bonds is 52. The molecule has 0 heterocycles. The van der Waals surface area contributed by atoms with Gasteiger partial charge in [-0.25, -0.2) is 0 Å². The van der Waals surface area contributed by atoms with Crippen LogP contribution in [0.1, 0.15) is 309 Å². The van der Waals surface area contributed by atoms with E-state index in [4.69, 9.17) is 0 Å². The maximum atomic E-state index is 12.5. The van der Waals surface area contributed by atoms with Crippen molar-refractivity contribution in [3.63, 3.8) is 0 Å². The van der Waals surface area contributed by atoms with Crippen molar-refractivity contribution in [2.45, 2.75) is 327 Å². The number of carbonyl (C=O) groups excluding carboxylic acids is 1. The second kappa shape index (κ2) is 52.5. The molecule has 0 bridgehead atoms. The zero-order valence-corrected chi connectivity index (χ0v) is 42.0. The predicted molar refractivity (Wildman–Crippen MR) is 273 cm³/mol. The second-order valence-electron chi connectivity index (χ2n) is 19.5. The van der Waals surface area contributed by atoms with Crippen LogP contribution in [0.25, 0.3) is 0 Å². The van der Waals surface area contributed by atoms with Crippen LogP contribution in [-0.2, 0) is 4.79 Å². The van der Waals surface area contributed by atoms with Crippen molar-refractivity contribution >= 4 is 5.91 Å². The number of amides is 1. The first kappa shape index (κ1) is 60.8. The lowest BCUT2D eigenvalue weighted by molar-refractivity contribution is -0.131. The lowest BCUT2D eigenvalue weighted by Crippen LogP contribution is -2.48. The van der Waals surface area contributed by atoms with Crippen molar-refractivity contribution in [1.29, 1.82) is 0 Å². The number of nitrogens with one attached hydrogen (secondary N) is 1. The Morgan fingerprint density at radius 1 is 0.387 bits per heavy atom. The number of carbonyl (C=O) groups is 1. The summed E-state index contributed by atoms with van der Waals surface area (Å²) in [7, 11) is 0. The fraction of sp³-hybridized carbons (Fsp3) is 0.912. The molecule has 3 unspecified atom stereocenters. The highest BCUT2D eigenvalue weighted by molar-refractivity contribution is 5.80. The highest BCUT2D eigenvalue weighted by atomic mass is 16.3. The van der Waals surface area contributed by atoms with Crippen molar-refractivity contribution in [3.05, 3.63) is 24.3 Å². The normalized spacial score (nSPS) is 13.4. The van der Waals surface area contributed by atoms with E-state index in [9.17, 15) is 20.1 Å². The number of hydrogen-bond donors (Lipinski definition) is 4. The Hall–Kier alpha value is -1.17. The summed E-state index contributed by atoms with van der Waals surface area (Å²) in [5, 5.41) is 33.3. The number of aliphatic hydroxyl groups is 3. The lowest BCUT2D eigenvalue weighted by atomic mass is 10.0. The Kier molecular flexibility index (Phi) is 51.5. The fourth-order valence-corrected chi connectivity index (χ4v) is 8.91. The van der Waals surface area contributed by atoms with Gasteiger partial charge < -0.3 is 20.6 Å². The Bertz CT molecular complexity index is 920. The van der Waals surface area contributed by atoms with Gasteiger partial charge in [0.1, 0.15) is 6.10 Å². The van der Waals surface area contributed by atoms with Gasteiger partial charge >= 0.3 is 0 Å². The number of allylic oxidation sites excluding steroid dienone is 3. The molecule has 5 nitrogen and oxygen atoms in total. The van der Waals surface area contributed by atoms with Gasteiger partial charge in [0.2, 0.25) is 5.91 Å². The average molecular weight is 875 g/mol. The zero-order valence-electron chi connectivity index (χ0n) is 42.0. The quantitative estimate of drug-likeness (QED) is 0.0362. The molecule has 0 spiro atoms. The molecule has 0 aromatic heterocycles. The van der Waals surface area contributed by atoms with Gasteiger partial charge in [-0.05, 0) is 32.1 Å². The van der Waals surface area contributed by atoms with Crippen LogP contribution in [0.3, 0.4) is 0 Å². The smallest absolute Gasteiger partial charge is 0.249 e. The van der Waals surface area contributed by atoms with E-state index >= 15 is 0 Å². The molecule has 62 heavy (non-hydrogen) atoms. The summed E-state index contributed by atoms with van der Waals surface area (Å²) in [5.74, 6) is -0.507. The van der Waals surface area contributed by atoms with E-state index < -0.39 is 24.2 Å². The van der Waals surface area contributed by atoms with Crippen LogP contribution in [0.15, 0.2) is 24.3 Å². The Labute approximate surface area is 388 Å². The molecule has 0 saturated carbocycles. The van der Waals surface area contributed by atoms with Gasteiger partial charge in [-0.1, -0.05) is 301 Å². The van der Waals surface area contributed by atoms with Crippen LogP contribution in [0.4, 0.5) is 0 Å². The first-order valence-corrected chi connectivity index (χ1v) is 28.2. The van der Waals surface area contributed by atoms with Crippen LogP contribution in [0.5, 0.6) is 0 Å². The summed E-state index contributed by atoms with van der Waals surface area (Å²) in [6.45, 7) is 4.20. The van der Waals surface area contributed by atoms with E-state index in [-0.39, 0.29) is 6.61 Å². The predicted octanol–water partition coefficient (Wildman–Crippen LogP) is 17.3. The molecule has 0 aromatic rings. The van der Waals surface area contributed by atoms with E-state index in [1.54, 1.807) is 6.08 Å². The summed E-state index contributed by atoms with van der Waals surface area (Å²) < 4.78 is 0. The van der Waals surface area contributed by atoms with Crippen LogP contribution < -0.4 is 5.32 Å². The highest BCUT2D eigenvalue weighted by Gasteiger charge is 2.22. The molecule has 0 saturated heterocycles. The minimum Gasteiger partial charge on any atom is -0.394 e. The van der Waals surface area contributed by atoms with E-state index in [2.05, 4.69) is 31.3 Å². The number of hydrogen-bond acceptors (Lipinski definition) is 4. The molecule has 0 aliphatic carbocycles. The Morgan fingerprint density at radius 2 is 0.661 bits per heavy atom. The standard InChI is InChI=1S/C57H111NO4/c1-3-5-7-9-11-13-15-17-19-21-22-23-24-25-26-27-28-29-30-31-32-33-34-36-38-40-42-44-46-48-50-52-56(61)57(62)58-54(53-59)55(60)51-49-47-45-43-41-39-37-35-20-18-16-14-12-10-8-6-4-2/h41,43,49,51,54-56,59-61H,3-40,42,44-48,50,52-53H2,1-2H3,(H,58,62)/b43-41+,51-49+.